The number of hydrogen-bond acceptors (Lipinski definition) is 4. The number of amides is 1. The number of benzene rings is 1. The van der Waals surface area contributed by atoms with Crippen molar-refractivity contribution in [3.63, 3.8) is 0 Å². The molecule has 2 aromatic rings. The normalized spacial score (nSPS) is 12.0. The second-order valence-electron chi connectivity index (χ2n) is 5.33. The van der Waals surface area contributed by atoms with Gasteiger partial charge in [0.15, 0.2) is 0 Å². The van der Waals surface area contributed by atoms with Crippen molar-refractivity contribution in [2.75, 3.05) is 32.6 Å². The molecule has 0 aliphatic heterocycles. The van der Waals surface area contributed by atoms with Gasteiger partial charge in [-0.05, 0) is 37.3 Å². The van der Waals surface area contributed by atoms with Gasteiger partial charge in [-0.3, -0.25) is 4.79 Å². The zero-order valence-electron chi connectivity index (χ0n) is 13.4. The van der Waals surface area contributed by atoms with Crippen LogP contribution in [0.15, 0.2) is 36.4 Å². The molecule has 22 heavy (non-hydrogen) atoms. The van der Waals surface area contributed by atoms with Gasteiger partial charge in [0.2, 0.25) is 0 Å². The van der Waals surface area contributed by atoms with Crippen LogP contribution >= 0.6 is 11.3 Å². The number of nitrogens with zero attached hydrogens (tertiary/aromatic N) is 1. The van der Waals surface area contributed by atoms with E-state index in [0.717, 1.165) is 10.6 Å². The van der Waals surface area contributed by atoms with Gasteiger partial charge in [-0.1, -0.05) is 6.07 Å². The average Bonchev–Trinajstić information content (AvgIpc) is 2.94. The lowest BCUT2D eigenvalue weighted by Crippen LogP contribution is -2.29. The van der Waals surface area contributed by atoms with Gasteiger partial charge in [-0.2, -0.15) is 0 Å². The fourth-order valence-corrected chi connectivity index (χ4v) is 3.09. The Kier molecular flexibility index (Phi) is 5.57. The Labute approximate surface area is 135 Å². The molecule has 1 aromatic carbocycles. The predicted molar refractivity (Wildman–Crippen MR) is 91.9 cm³/mol. The highest BCUT2D eigenvalue weighted by Gasteiger charge is 2.15. The van der Waals surface area contributed by atoms with Crippen molar-refractivity contribution in [2.45, 2.75) is 13.0 Å². The topological polar surface area (TPSA) is 41.6 Å². The average molecular weight is 318 g/mol. The van der Waals surface area contributed by atoms with Crippen molar-refractivity contribution >= 4 is 22.9 Å². The summed E-state index contributed by atoms with van der Waals surface area (Å²) in [7, 11) is 5.58. The van der Waals surface area contributed by atoms with Crippen LogP contribution in [0.3, 0.4) is 0 Å². The number of ether oxygens (including phenoxy) is 1. The van der Waals surface area contributed by atoms with Crippen LogP contribution in [-0.2, 0) is 4.74 Å². The predicted octanol–water partition coefficient (Wildman–Crippen LogP) is 3.24. The molecule has 5 heteroatoms. The van der Waals surface area contributed by atoms with Crippen LogP contribution in [0, 0.1) is 6.92 Å². The first-order valence-corrected chi connectivity index (χ1v) is 7.97. The second kappa shape index (κ2) is 7.42. The van der Waals surface area contributed by atoms with E-state index in [9.17, 15) is 4.79 Å². The summed E-state index contributed by atoms with van der Waals surface area (Å²) in [5, 5.41) is 2.95. The van der Waals surface area contributed by atoms with E-state index < -0.39 is 0 Å². The molecule has 0 fully saturated rings. The smallest absolute Gasteiger partial charge is 0.251 e. The maximum absolute atomic E-state index is 12.3. The number of thiophene rings is 1. The van der Waals surface area contributed by atoms with E-state index in [1.54, 1.807) is 18.4 Å². The number of rotatable bonds is 6. The zero-order chi connectivity index (χ0) is 16.1. The lowest BCUT2D eigenvalue weighted by Gasteiger charge is -2.16. The van der Waals surface area contributed by atoms with Gasteiger partial charge >= 0.3 is 0 Å². The fourth-order valence-electron chi connectivity index (χ4n) is 2.14. The van der Waals surface area contributed by atoms with Crippen molar-refractivity contribution in [1.82, 2.24) is 5.32 Å². The largest absolute Gasteiger partial charge is 0.378 e. The molecule has 1 heterocycles. The molecular weight excluding hydrogens is 296 g/mol. The van der Waals surface area contributed by atoms with Gasteiger partial charge in [0.05, 0.1) is 0 Å². The SMILES string of the molecule is CO[C@H](CNC(=O)c1cccc(N(C)C)c1)c1ccc(C)s1. The first kappa shape index (κ1) is 16.5. The van der Waals surface area contributed by atoms with Crippen LogP contribution in [0.4, 0.5) is 5.69 Å². The number of nitrogens with one attached hydrogen (secondary N) is 1. The molecule has 1 aromatic heterocycles. The zero-order valence-corrected chi connectivity index (χ0v) is 14.2. The lowest BCUT2D eigenvalue weighted by atomic mass is 10.1. The quantitative estimate of drug-likeness (QED) is 0.889. The third-order valence-corrected chi connectivity index (χ3v) is 4.53. The molecule has 0 saturated heterocycles. The number of aryl methyl sites for hydroxylation is 1. The Morgan fingerprint density at radius 2 is 2.09 bits per heavy atom. The van der Waals surface area contributed by atoms with Crippen molar-refractivity contribution < 1.29 is 9.53 Å². The van der Waals surface area contributed by atoms with E-state index in [2.05, 4.69) is 18.3 Å². The highest BCUT2D eigenvalue weighted by atomic mass is 32.1. The van der Waals surface area contributed by atoms with Crippen molar-refractivity contribution in [3.8, 4) is 0 Å². The van der Waals surface area contributed by atoms with Crippen molar-refractivity contribution in [3.05, 3.63) is 51.7 Å². The molecule has 0 aliphatic rings. The first-order chi connectivity index (χ1) is 10.5. The minimum atomic E-state index is -0.111. The van der Waals surface area contributed by atoms with E-state index in [4.69, 9.17) is 4.74 Å². The number of carbonyl (C=O) groups is 1. The molecule has 0 unspecified atom stereocenters. The summed E-state index contributed by atoms with van der Waals surface area (Å²) in [6, 6.07) is 11.7. The summed E-state index contributed by atoms with van der Waals surface area (Å²) < 4.78 is 5.49. The summed E-state index contributed by atoms with van der Waals surface area (Å²) in [6.07, 6.45) is -0.111. The molecule has 2 rings (SSSR count). The molecular formula is C17H22N2O2S. The van der Waals surface area contributed by atoms with Crippen LogP contribution in [0.25, 0.3) is 0 Å². The van der Waals surface area contributed by atoms with Gasteiger partial charge in [0.25, 0.3) is 5.91 Å². The third kappa shape index (κ3) is 4.08. The van der Waals surface area contributed by atoms with Crippen molar-refractivity contribution in [2.24, 2.45) is 0 Å². The highest BCUT2D eigenvalue weighted by molar-refractivity contribution is 7.12. The second-order valence-corrected chi connectivity index (χ2v) is 6.65. The highest BCUT2D eigenvalue weighted by Crippen LogP contribution is 2.24. The Hall–Kier alpha value is -1.85. The van der Waals surface area contributed by atoms with Gasteiger partial charge in [-0.25, -0.2) is 0 Å². The maximum Gasteiger partial charge on any atom is 0.251 e. The van der Waals surface area contributed by atoms with Crippen LogP contribution in [-0.4, -0.2) is 33.7 Å². The van der Waals surface area contributed by atoms with E-state index >= 15 is 0 Å². The lowest BCUT2D eigenvalue weighted by molar-refractivity contribution is 0.0837. The molecule has 1 amide bonds. The molecule has 0 saturated carbocycles. The molecule has 0 spiro atoms. The van der Waals surface area contributed by atoms with Gasteiger partial charge in [0.1, 0.15) is 6.10 Å². The van der Waals surface area contributed by atoms with Gasteiger partial charge in [0, 0.05) is 48.8 Å². The Morgan fingerprint density at radius 3 is 2.68 bits per heavy atom. The first-order valence-electron chi connectivity index (χ1n) is 7.16. The molecule has 0 bridgehead atoms. The molecule has 1 atom stereocenters. The number of hydrogen-bond donors (Lipinski definition) is 1. The van der Waals surface area contributed by atoms with Crippen LogP contribution in [0.2, 0.25) is 0 Å². The van der Waals surface area contributed by atoms with E-state index in [0.29, 0.717) is 12.1 Å². The fraction of sp³-hybridized carbons (Fsp3) is 0.353. The molecule has 0 aliphatic carbocycles. The molecule has 1 N–H and O–H groups in total. The minimum absolute atomic E-state index is 0.0842. The maximum atomic E-state index is 12.3. The monoisotopic (exact) mass is 318 g/mol. The van der Waals surface area contributed by atoms with Crippen LogP contribution < -0.4 is 10.2 Å². The number of carbonyl (C=O) groups excluding carboxylic acids is 1. The summed E-state index contributed by atoms with van der Waals surface area (Å²) in [5.41, 5.74) is 1.66. The van der Waals surface area contributed by atoms with Crippen molar-refractivity contribution in [1.29, 1.82) is 0 Å². The minimum Gasteiger partial charge on any atom is -0.378 e. The number of anilines is 1. The standard InChI is InChI=1S/C17H22N2O2S/c1-12-8-9-16(22-12)15(21-4)11-18-17(20)13-6-5-7-14(10-13)19(2)3/h5-10,15H,11H2,1-4H3,(H,18,20)/t15-/m1/s1. The Bertz CT molecular complexity index is 637. The Morgan fingerprint density at radius 1 is 1.32 bits per heavy atom. The van der Waals surface area contributed by atoms with Crippen LogP contribution in [0.5, 0.6) is 0 Å². The van der Waals surface area contributed by atoms with E-state index in [1.165, 1.54) is 4.88 Å². The van der Waals surface area contributed by atoms with Gasteiger partial charge < -0.3 is 15.0 Å². The van der Waals surface area contributed by atoms with E-state index in [1.807, 2.05) is 49.3 Å². The molecule has 0 radical (unpaired) electrons. The molecule has 118 valence electrons. The van der Waals surface area contributed by atoms with E-state index in [-0.39, 0.29) is 12.0 Å². The van der Waals surface area contributed by atoms with Gasteiger partial charge in [-0.15, -0.1) is 11.3 Å². The van der Waals surface area contributed by atoms with Crippen LogP contribution in [0.1, 0.15) is 26.2 Å². The number of methoxy groups -OCH3 is 1. The summed E-state index contributed by atoms with van der Waals surface area (Å²) in [5.74, 6) is -0.0842. The summed E-state index contributed by atoms with van der Waals surface area (Å²) in [4.78, 5) is 16.6. The summed E-state index contributed by atoms with van der Waals surface area (Å²) in [6.45, 7) is 2.52. The molecule has 4 nitrogen and oxygen atoms in total. The summed E-state index contributed by atoms with van der Waals surface area (Å²) >= 11 is 1.69. The Balaban J connectivity index is 2.01. The third-order valence-electron chi connectivity index (χ3n) is 3.44.